The predicted octanol–water partition coefficient (Wildman–Crippen LogP) is 21.4. The lowest BCUT2D eigenvalue weighted by molar-refractivity contribution is -0.161. The molecule has 0 saturated carbocycles. The third kappa shape index (κ3) is 71.6. The van der Waals surface area contributed by atoms with Gasteiger partial charge in [-0.15, -0.1) is 0 Å². The van der Waals surface area contributed by atoms with Gasteiger partial charge < -0.3 is 34.2 Å². The summed E-state index contributed by atoms with van der Waals surface area (Å²) in [7, 11) is -9.77. The molecule has 0 saturated heterocycles. The number of phosphoric acid groups is 2. The molecular formula is C77H136O16P2. The molecule has 0 radical (unpaired) electrons. The number of aliphatic hydroxyl groups is 2. The molecule has 0 fully saturated rings. The molecule has 0 aliphatic rings. The molecular weight excluding hydrogens is 1240 g/mol. The zero-order chi connectivity index (χ0) is 69.5. The molecule has 0 heterocycles. The number of hydrogen-bond acceptors (Lipinski definition) is 14. The average molecular weight is 1380 g/mol. The Morgan fingerprint density at radius 1 is 0.305 bits per heavy atom. The fourth-order valence-electron chi connectivity index (χ4n) is 10.0. The van der Waals surface area contributed by atoms with E-state index in [1.807, 2.05) is 0 Å². The lowest BCUT2D eigenvalue weighted by atomic mass is 10.0. The standard InChI is InChI=1S/C77H136O16P2/c1-4-7-10-13-16-19-22-25-26-27-28-29-30-31-32-33-34-35-36-37-38-39-40-41-42-43-44-47-49-51-54-57-60-63-75(80)87-66-72(78)67-89-94(83,84)90-68-73(79)69-91-95(85,86)92-71-74(93-77(82)65-62-59-56-53-50-46-24-21-18-15-12-9-6-3)70-88-76(81)64-61-58-55-52-48-45-23-20-17-14-11-8-5-2/h7,10-11,14,16,19-21,23-26,28-29,31-32,72-74,78-79H,4-6,8-9,12-13,15,17-18,22,27,30,33-71H2,1-3H3,(H,83,84)(H,85,86)/b10-7-,14-11-,19-16-,23-20-,24-21-,26-25-,29-28-,32-31-. The fourth-order valence-corrected chi connectivity index (χ4v) is 11.6. The second-order valence-corrected chi connectivity index (χ2v) is 28.0. The normalized spacial score (nSPS) is 14.6. The van der Waals surface area contributed by atoms with E-state index < -0.39 is 91.5 Å². The Morgan fingerprint density at radius 2 is 0.579 bits per heavy atom. The van der Waals surface area contributed by atoms with Crippen molar-refractivity contribution in [1.29, 1.82) is 0 Å². The van der Waals surface area contributed by atoms with Crippen LogP contribution >= 0.6 is 15.6 Å². The van der Waals surface area contributed by atoms with Gasteiger partial charge in [0.05, 0.1) is 26.4 Å². The number of rotatable bonds is 71. The molecule has 5 atom stereocenters. The molecule has 550 valence electrons. The molecule has 0 aromatic carbocycles. The minimum Gasteiger partial charge on any atom is -0.463 e. The van der Waals surface area contributed by atoms with E-state index in [1.165, 1.54) is 116 Å². The molecule has 0 aromatic rings. The quantitative estimate of drug-likeness (QED) is 0.0146. The molecule has 5 unspecified atom stereocenters. The predicted molar refractivity (Wildman–Crippen MR) is 390 cm³/mol. The van der Waals surface area contributed by atoms with Crippen LogP contribution in [0.1, 0.15) is 316 Å². The van der Waals surface area contributed by atoms with Crippen molar-refractivity contribution >= 4 is 33.6 Å². The molecule has 0 aliphatic heterocycles. The maximum atomic E-state index is 12.9. The van der Waals surface area contributed by atoms with Gasteiger partial charge in [0.15, 0.2) is 6.10 Å². The van der Waals surface area contributed by atoms with E-state index in [2.05, 4.69) is 118 Å². The summed E-state index contributed by atoms with van der Waals surface area (Å²) in [5, 5.41) is 20.6. The van der Waals surface area contributed by atoms with Crippen LogP contribution in [0.5, 0.6) is 0 Å². The van der Waals surface area contributed by atoms with Crippen LogP contribution in [0.15, 0.2) is 97.2 Å². The van der Waals surface area contributed by atoms with Crippen molar-refractivity contribution in [3.05, 3.63) is 97.2 Å². The topological polar surface area (TPSA) is 231 Å². The number of esters is 3. The number of aliphatic hydroxyl groups excluding tert-OH is 2. The lowest BCUT2D eigenvalue weighted by Gasteiger charge is -2.21. The third-order valence-electron chi connectivity index (χ3n) is 15.7. The highest BCUT2D eigenvalue weighted by Crippen LogP contribution is 2.45. The van der Waals surface area contributed by atoms with E-state index in [-0.39, 0.29) is 19.3 Å². The van der Waals surface area contributed by atoms with Crippen LogP contribution in [0.25, 0.3) is 0 Å². The zero-order valence-electron chi connectivity index (χ0n) is 59.8. The van der Waals surface area contributed by atoms with Crippen LogP contribution in [0.2, 0.25) is 0 Å². The minimum atomic E-state index is -4.92. The van der Waals surface area contributed by atoms with E-state index in [0.29, 0.717) is 19.3 Å². The Bertz CT molecular complexity index is 2120. The summed E-state index contributed by atoms with van der Waals surface area (Å²) in [5.74, 6) is -1.59. The van der Waals surface area contributed by atoms with Crippen LogP contribution < -0.4 is 0 Å². The average Bonchev–Trinajstić information content (AvgIpc) is 2.18. The van der Waals surface area contributed by atoms with Crippen molar-refractivity contribution in [2.24, 2.45) is 0 Å². The first-order valence-electron chi connectivity index (χ1n) is 37.5. The van der Waals surface area contributed by atoms with Gasteiger partial charge in [-0.1, -0.05) is 279 Å². The van der Waals surface area contributed by atoms with Crippen molar-refractivity contribution in [2.45, 2.75) is 334 Å². The first-order valence-corrected chi connectivity index (χ1v) is 40.5. The number of unbranched alkanes of at least 4 members (excludes halogenated alkanes) is 32. The van der Waals surface area contributed by atoms with Gasteiger partial charge >= 0.3 is 33.6 Å². The molecule has 0 rings (SSSR count). The number of hydrogen-bond donors (Lipinski definition) is 4. The summed E-state index contributed by atoms with van der Waals surface area (Å²) in [6.45, 7) is 2.47. The first kappa shape index (κ1) is 91.5. The minimum absolute atomic E-state index is 0.0928. The van der Waals surface area contributed by atoms with Gasteiger partial charge in [0.1, 0.15) is 25.4 Å². The van der Waals surface area contributed by atoms with Crippen LogP contribution in [0.3, 0.4) is 0 Å². The van der Waals surface area contributed by atoms with E-state index in [4.69, 9.17) is 32.3 Å². The van der Waals surface area contributed by atoms with Gasteiger partial charge in [-0.25, -0.2) is 9.13 Å². The molecule has 0 amide bonds. The smallest absolute Gasteiger partial charge is 0.463 e. The van der Waals surface area contributed by atoms with Crippen LogP contribution in [0.4, 0.5) is 0 Å². The number of carbonyl (C=O) groups is 3. The van der Waals surface area contributed by atoms with E-state index in [9.17, 15) is 43.5 Å². The highest BCUT2D eigenvalue weighted by molar-refractivity contribution is 7.47. The van der Waals surface area contributed by atoms with Crippen molar-refractivity contribution in [2.75, 3.05) is 39.6 Å². The molecule has 4 N–H and O–H groups in total. The molecule has 0 bridgehead atoms. The number of allylic oxidation sites excluding steroid dienone is 16. The second kappa shape index (κ2) is 70.3. The van der Waals surface area contributed by atoms with Gasteiger partial charge in [-0.2, -0.15) is 0 Å². The number of carbonyl (C=O) groups excluding carboxylic acids is 3. The second-order valence-electron chi connectivity index (χ2n) is 25.1. The Morgan fingerprint density at radius 3 is 0.937 bits per heavy atom. The van der Waals surface area contributed by atoms with Crippen molar-refractivity contribution in [3.8, 4) is 0 Å². The number of phosphoric ester groups is 2. The van der Waals surface area contributed by atoms with Gasteiger partial charge in [0.25, 0.3) is 0 Å². The summed E-state index contributed by atoms with van der Waals surface area (Å²) >= 11 is 0. The molecule has 0 spiro atoms. The van der Waals surface area contributed by atoms with Gasteiger partial charge in [-0.3, -0.25) is 32.5 Å². The Hall–Kier alpha value is -3.53. The molecule has 16 nitrogen and oxygen atoms in total. The van der Waals surface area contributed by atoms with Crippen LogP contribution in [-0.2, 0) is 55.8 Å². The third-order valence-corrected chi connectivity index (χ3v) is 17.6. The van der Waals surface area contributed by atoms with E-state index in [0.717, 1.165) is 141 Å². The highest BCUT2D eigenvalue weighted by Gasteiger charge is 2.29. The molecule has 0 aromatic heterocycles. The van der Waals surface area contributed by atoms with Crippen molar-refractivity contribution in [1.82, 2.24) is 0 Å². The maximum Gasteiger partial charge on any atom is 0.472 e. The largest absolute Gasteiger partial charge is 0.472 e. The van der Waals surface area contributed by atoms with Crippen LogP contribution in [-0.4, -0.2) is 95.9 Å². The Kier molecular flexibility index (Phi) is 67.7. The van der Waals surface area contributed by atoms with E-state index >= 15 is 0 Å². The Labute approximate surface area is 578 Å². The summed E-state index contributed by atoms with van der Waals surface area (Å²) in [6.07, 6.45) is 79.2. The SMILES string of the molecule is CC/C=C\C/C=C\C/C=C\C/C=C\C/C=C\CCCCCCCCCCCCCCCCCCCC(=O)OCC(O)COP(=O)(O)OCC(O)COP(=O)(O)OCC(COC(=O)CCCCCCC/C=C\C/C=C\CCC)OC(=O)CCCCCCC/C=C\CCCCCC. The first-order chi connectivity index (χ1) is 46.2. The highest BCUT2D eigenvalue weighted by atomic mass is 31.2. The van der Waals surface area contributed by atoms with Gasteiger partial charge in [0.2, 0.25) is 0 Å². The van der Waals surface area contributed by atoms with Gasteiger partial charge in [0, 0.05) is 19.3 Å². The fraction of sp³-hybridized carbons (Fsp3) is 0.753. The lowest BCUT2D eigenvalue weighted by Crippen LogP contribution is -2.30. The summed E-state index contributed by atoms with van der Waals surface area (Å²) in [6, 6.07) is 0. The number of ether oxygens (including phenoxy) is 3. The van der Waals surface area contributed by atoms with Gasteiger partial charge in [-0.05, 0) is 116 Å². The molecule has 18 heteroatoms. The zero-order valence-corrected chi connectivity index (χ0v) is 61.6. The summed E-state index contributed by atoms with van der Waals surface area (Å²) in [5.41, 5.74) is 0. The van der Waals surface area contributed by atoms with E-state index in [1.54, 1.807) is 0 Å². The molecule has 95 heavy (non-hydrogen) atoms. The summed E-state index contributed by atoms with van der Waals surface area (Å²) in [4.78, 5) is 58.4. The molecule has 0 aliphatic carbocycles. The van der Waals surface area contributed by atoms with Crippen LogP contribution in [0, 0.1) is 0 Å². The Balaban J connectivity index is 4.33. The van der Waals surface area contributed by atoms with Crippen molar-refractivity contribution < 1.29 is 75.8 Å². The summed E-state index contributed by atoms with van der Waals surface area (Å²) < 4.78 is 60.9. The van der Waals surface area contributed by atoms with Crippen molar-refractivity contribution in [3.63, 3.8) is 0 Å². The monoisotopic (exact) mass is 1380 g/mol. The maximum absolute atomic E-state index is 12.9.